The second-order valence-electron chi connectivity index (χ2n) is 4.32. The van der Waals surface area contributed by atoms with Gasteiger partial charge in [-0.25, -0.2) is 10.0 Å². The fourth-order valence-corrected chi connectivity index (χ4v) is 2.62. The minimum Gasteiger partial charge on any atom is -0.480 e. The van der Waals surface area contributed by atoms with E-state index in [0.717, 1.165) is 12.8 Å². The third-order valence-corrected chi connectivity index (χ3v) is 3.35. The molecule has 2 rings (SSSR count). The predicted octanol–water partition coefficient (Wildman–Crippen LogP) is -0.000600. The Hall–Kier alpha value is -1.14. The van der Waals surface area contributed by atoms with E-state index in [9.17, 15) is 9.59 Å². The molecule has 16 heavy (non-hydrogen) atoms. The lowest BCUT2D eigenvalue weighted by Crippen LogP contribution is -2.52. The van der Waals surface area contributed by atoms with E-state index in [1.54, 1.807) is 10.0 Å². The zero-order chi connectivity index (χ0) is 11.7. The molecule has 0 unspecified atom stereocenters. The van der Waals surface area contributed by atoms with Crippen LogP contribution in [0.5, 0.6) is 0 Å². The molecule has 0 aromatic rings. The molecule has 6 nitrogen and oxygen atoms in total. The fourth-order valence-electron chi connectivity index (χ4n) is 2.62. The summed E-state index contributed by atoms with van der Waals surface area (Å²) in [6.45, 7) is 1.31. The Morgan fingerprint density at radius 2 is 1.25 bits per heavy atom. The number of hydrazine groups is 1. The van der Waals surface area contributed by atoms with Gasteiger partial charge >= 0.3 is 11.9 Å². The molecule has 2 aliphatic heterocycles. The molecule has 2 fully saturated rings. The van der Waals surface area contributed by atoms with Crippen LogP contribution in [0.15, 0.2) is 0 Å². The largest absolute Gasteiger partial charge is 0.480 e. The third-order valence-electron chi connectivity index (χ3n) is 3.35. The Kier molecular flexibility index (Phi) is 3.11. The molecule has 2 saturated heterocycles. The van der Waals surface area contributed by atoms with Gasteiger partial charge in [-0.3, -0.25) is 9.59 Å². The molecule has 0 aromatic heterocycles. The van der Waals surface area contributed by atoms with Gasteiger partial charge in [-0.1, -0.05) is 0 Å². The standard InChI is InChI=1S/C10H16N2O4/c13-9(14)7-3-1-5-11(7)12-6-2-4-8(12)10(15)16/h7-8H,1-6H2,(H,13,14)(H,15,16)/t7-,8+. The Morgan fingerprint density at radius 3 is 1.56 bits per heavy atom. The molecule has 2 N–H and O–H groups in total. The highest BCUT2D eigenvalue weighted by Crippen LogP contribution is 2.27. The number of carboxylic acids is 2. The molecule has 0 saturated carbocycles. The van der Waals surface area contributed by atoms with Gasteiger partial charge < -0.3 is 10.2 Å². The molecule has 2 aliphatic rings. The topological polar surface area (TPSA) is 81.1 Å². The molecular weight excluding hydrogens is 212 g/mol. The number of aliphatic carboxylic acids is 2. The van der Waals surface area contributed by atoms with Crippen molar-refractivity contribution in [2.24, 2.45) is 0 Å². The Morgan fingerprint density at radius 1 is 0.875 bits per heavy atom. The zero-order valence-electron chi connectivity index (χ0n) is 9.00. The summed E-state index contributed by atoms with van der Waals surface area (Å²) in [5.74, 6) is -1.71. The van der Waals surface area contributed by atoms with Crippen molar-refractivity contribution in [1.29, 1.82) is 0 Å². The van der Waals surface area contributed by atoms with Crippen molar-refractivity contribution in [2.45, 2.75) is 37.8 Å². The summed E-state index contributed by atoms with van der Waals surface area (Å²) in [5, 5.41) is 21.6. The van der Waals surface area contributed by atoms with E-state index in [0.29, 0.717) is 25.9 Å². The van der Waals surface area contributed by atoms with Crippen molar-refractivity contribution >= 4 is 11.9 Å². The first kappa shape index (κ1) is 11.3. The van der Waals surface area contributed by atoms with Crippen molar-refractivity contribution in [1.82, 2.24) is 10.0 Å². The molecule has 0 bridgehead atoms. The second-order valence-corrected chi connectivity index (χ2v) is 4.32. The van der Waals surface area contributed by atoms with Gasteiger partial charge in [-0.2, -0.15) is 0 Å². The van der Waals surface area contributed by atoms with Gasteiger partial charge in [0.05, 0.1) is 0 Å². The summed E-state index contributed by atoms with van der Waals surface area (Å²) < 4.78 is 0. The van der Waals surface area contributed by atoms with Gasteiger partial charge in [0.2, 0.25) is 0 Å². The van der Waals surface area contributed by atoms with Gasteiger partial charge in [0.15, 0.2) is 0 Å². The first-order chi connectivity index (χ1) is 7.61. The summed E-state index contributed by atoms with van der Waals surface area (Å²) in [6, 6.07) is -1.08. The first-order valence-electron chi connectivity index (χ1n) is 5.60. The van der Waals surface area contributed by atoms with Crippen LogP contribution in [-0.2, 0) is 9.59 Å². The number of hydrogen-bond acceptors (Lipinski definition) is 4. The van der Waals surface area contributed by atoms with E-state index in [1.807, 2.05) is 0 Å². The number of hydrogen-bond donors (Lipinski definition) is 2. The summed E-state index contributed by atoms with van der Waals surface area (Å²) in [4.78, 5) is 22.1. The lowest BCUT2D eigenvalue weighted by Gasteiger charge is -2.33. The van der Waals surface area contributed by atoms with Crippen LogP contribution in [-0.4, -0.2) is 57.3 Å². The summed E-state index contributed by atoms with van der Waals surface area (Å²) in [7, 11) is 0. The minimum atomic E-state index is -0.853. The summed E-state index contributed by atoms with van der Waals surface area (Å²) >= 11 is 0. The van der Waals surface area contributed by atoms with Crippen molar-refractivity contribution < 1.29 is 19.8 Å². The van der Waals surface area contributed by atoms with E-state index in [4.69, 9.17) is 10.2 Å². The average Bonchev–Trinajstić information content (AvgIpc) is 2.85. The molecule has 0 aliphatic carbocycles. The van der Waals surface area contributed by atoms with Gasteiger partial charge in [-0.15, -0.1) is 0 Å². The Bertz CT molecular complexity index is 277. The maximum atomic E-state index is 11.0. The number of nitrogens with zero attached hydrogens (tertiary/aromatic N) is 2. The molecule has 90 valence electrons. The van der Waals surface area contributed by atoms with Crippen LogP contribution in [0.2, 0.25) is 0 Å². The number of carboxylic acid groups (broad SMARTS) is 2. The molecule has 2 heterocycles. The quantitative estimate of drug-likeness (QED) is 0.707. The maximum absolute atomic E-state index is 11.0. The van der Waals surface area contributed by atoms with Gasteiger partial charge in [0, 0.05) is 13.1 Å². The van der Waals surface area contributed by atoms with Crippen molar-refractivity contribution in [3.63, 3.8) is 0 Å². The van der Waals surface area contributed by atoms with Crippen LogP contribution in [0.25, 0.3) is 0 Å². The van der Waals surface area contributed by atoms with E-state index in [2.05, 4.69) is 0 Å². The van der Waals surface area contributed by atoms with E-state index < -0.39 is 24.0 Å². The van der Waals surface area contributed by atoms with E-state index in [-0.39, 0.29) is 0 Å². The zero-order valence-corrected chi connectivity index (χ0v) is 9.00. The van der Waals surface area contributed by atoms with Crippen LogP contribution >= 0.6 is 0 Å². The summed E-state index contributed by atoms with van der Waals surface area (Å²) in [5.41, 5.74) is 0. The van der Waals surface area contributed by atoms with Gasteiger partial charge in [-0.05, 0) is 25.7 Å². The molecule has 0 radical (unpaired) electrons. The highest BCUT2D eigenvalue weighted by molar-refractivity contribution is 5.75. The monoisotopic (exact) mass is 228 g/mol. The van der Waals surface area contributed by atoms with Crippen LogP contribution < -0.4 is 0 Å². The van der Waals surface area contributed by atoms with E-state index >= 15 is 0 Å². The van der Waals surface area contributed by atoms with Crippen molar-refractivity contribution in [3.8, 4) is 0 Å². The molecule has 6 heteroatoms. The SMILES string of the molecule is O=C(O)[C@H]1CCCN1N1CCC[C@H]1C(=O)O. The highest BCUT2D eigenvalue weighted by atomic mass is 16.4. The van der Waals surface area contributed by atoms with Gasteiger partial charge in [0.1, 0.15) is 12.1 Å². The third kappa shape index (κ3) is 1.90. The first-order valence-corrected chi connectivity index (χ1v) is 5.60. The lowest BCUT2D eigenvalue weighted by molar-refractivity contribution is -0.160. The van der Waals surface area contributed by atoms with Crippen molar-refractivity contribution in [2.75, 3.05) is 13.1 Å². The van der Waals surface area contributed by atoms with Gasteiger partial charge in [0.25, 0.3) is 0 Å². The maximum Gasteiger partial charge on any atom is 0.322 e. The fraction of sp³-hybridized carbons (Fsp3) is 0.800. The van der Waals surface area contributed by atoms with Crippen LogP contribution in [0.3, 0.4) is 0 Å². The average molecular weight is 228 g/mol. The normalized spacial score (nSPS) is 32.0. The van der Waals surface area contributed by atoms with Crippen LogP contribution in [0.1, 0.15) is 25.7 Å². The molecule has 0 spiro atoms. The predicted molar refractivity (Wildman–Crippen MR) is 54.7 cm³/mol. The highest BCUT2D eigenvalue weighted by Gasteiger charge is 2.41. The molecule has 0 amide bonds. The number of rotatable bonds is 3. The van der Waals surface area contributed by atoms with Crippen LogP contribution in [0.4, 0.5) is 0 Å². The summed E-state index contributed by atoms with van der Waals surface area (Å²) in [6.07, 6.45) is 2.86. The molecular formula is C10H16N2O4. The second kappa shape index (κ2) is 4.39. The smallest absolute Gasteiger partial charge is 0.322 e. The van der Waals surface area contributed by atoms with E-state index in [1.165, 1.54) is 0 Å². The van der Waals surface area contributed by atoms with Crippen LogP contribution in [0, 0.1) is 0 Å². The number of carbonyl (C=O) groups is 2. The molecule has 0 aromatic carbocycles. The Labute approximate surface area is 93.4 Å². The molecule has 2 atom stereocenters. The van der Waals surface area contributed by atoms with Crippen molar-refractivity contribution in [3.05, 3.63) is 0 Å². The lowest BCUT2D eigenvalue weighted by atomic mass is 10.2. The Balaban J connectivity index is 2.11. The minimum absolute atomic E-state index is 0.542.